The number of rotatable bonds is 8. The van der Waals surface area contributed by atoms with E-state index in [1.54, 1.807) is 0 Å². The number of hydrogen-bond donors (Lipinski definition) is 0. The molecule has 16 aromatic rings. The van der Waals surface area contributed by atoms with Crippen molar-refractivity contribution in [2.24, 2.45) is 0 Å². The molecule has 3 nitrogen and oxygen atoms in total. The van der Waals surface area contributed by atoms with Gasteiger partial charge in [0.15, 0.2) is 0 Å². The highest BCUT2D eigenvalue weighted by atomic mass is 32.4. The Hall–Kier alpha value is -8.92. The first-order valence-electron chi connectivity index (χ1n) is 27.3. The highest BCUT2D eigenvalue weighted by Gasteiger charge is 2.30. The molecular formula is C74H47N3P2S2. The van der Waals surface area contributed by atoms with Gasteiger partial charge in [-0.25, -0.2) is 4.98 Å². The molecule has 7 heteroatoms. The summed E-state index contributed by atoms with van der Waals surface area (Å²) in [5.41, 5.74) is 8.60. The summed E-state index contributed by atoms with van der Waals surface area (Å²) < 4.78 is 2.42. The van der Waals surface area contributed by atoms with E-state index in [1.807, 2.05) is 12.4 Å². The molecule has 0 fully saturated rings. The molecule has 0 aliphatic carbocycles. The van der Waals surface area contributed by atoms with Gasteiger partial charge in [-0.3, -0.25) is 9.38 Å². The van der Waals surface area contributed by atoms with Crippen LogP contribution >= 0.6 is 12.1 Å². The first-order valence-corrected chi connectivity index (χ1v) is 32.9. The fourth-order valence-corrected chi connectivity index (χ4v) is 20.9. The van der Waals surface area contributed by atoms with Crippen LogP contribution in [0.1, 0.15) is 0 Å². The first-order chi connectivity index (χ1) is 39.9. The molecule has 0 amide bonds. The predicted octanol–water partition coefficient (Wildman–Crippen LogP) is 16.8. The van der Waals surface area contributed by atoms with Gasteiger partial charge >= 0.3 is 0 Å². The van der Waals surface area contributed by atoms with Gasteiger partial charge in [0, 0.05) is 45.9 Å². The topological polar surface area (TPSA) is 30.2 Å². The Balaban J connectivity index is 0.868. The summed E-state index contributed by atoms with van der Waals surface area (Å²) in [5.74, 6) is 0. The molecule has 3 aromatic heterocycles. The van der Waals surface area contributed by atoms with E-state index in [2.05, 4.69) is 282 Å². The molecule has 0 saturated heterocycles. The van der Waals surface area contributed by atoms with E-state index in [-0.39, 0.29) is 0 Å². The van der Waals surface area contributed by atoms with E-state index in [4.69, 9.17) is 28.6 Å². The standard InChI is InChI=1S/C74H47N3P2S2/c80-78(57-18-2-1-3-19-57,59-32-27-48-13-4-5-16-51(48)44-59)72-38-36-61(64-22-10-11-23-66(64)72)56-30-34-65-67-35-29-50-15-7-9-21-63(50)73(67)74-76-68-37-31-55(46-70(68)77(74)69(65)47-56)52-25-26-54-45-60(33-28-53(54)43-52)79(81,58-39-41-75-42-40-58)71-24-12-17-49-14-6-8-20-62(49)71/h1-47H. The van der Waals surface area contributed by atoms with Crippen LogP contribution in [0.15, 0.2) is 285 Å². The maximum absolute atomic E-state index is 7.11. The van der Waals surface area contributed by atoms with Crippen LogP contribution in [0.5, 0.6) is 0 Å². The normalized spacial score (nSPS) is 13.5. The number of hydrogen-bond acceptors (Lipinski definition) is 4. The van der Waals surface area contributed by atoms with Gasteiger partial charge in [-0.2, -0.15) is 0 Å². The highest BCUT2D eigenvalue weighted by molar-refractivity contribution is 8.26. The Morgan fingerprint density at radius 3 is 1.63 bits per heavy atom. The van der Waals surface area contributed by atoms with Crippen molar-refractivity contribution in [3.63, 3.8) is 0 Å². The van der Waals surface area contributed by atoms with E-state index >= 15 is 0 Å². The van der Waals surface area contributed by atoms with Crippen molar-refractivity contribution in [3.8, 4) is 22.3 Å². The zero-order chi connectivity index (χ0) is 53.8. The van der Waals surface area contributed by atoms with E-state index in [0.29, 0.717) is 0 Å². The summed E-state index contributed by atoms with van der Waals surface area (Å²) in [6.07, 6.45) is 3.74. The van der Waals surface area contributed by atoms with Gasteiger partial charge in [-0.05, 0) is 151 Å². The van der Waals surface area contributed by atoms with Crippen molar-refractivity contribution >= 4 is 160 Å². The lowest BCUT2D eigenvalue weighted by Gasteiger charge is -2.26. The minimum Gasteiger partial charge on any atom is -0.292 e. The number of pyridine rings is 2. The molecule has 380 valence electrons. The lowest BCUT2D eigenvalue weighted by atomic mass is 9.95. The molecular weight excluding hydrogens is 1060 g/mol. The molecule has 0 bridgehead atoms. The molecule has 13 aromatic carbocycles. The highest BCUT2D eigenvalue weighted by Crippen LogP contribution is 2.48. The molecule has 0 aliphatic rings. The van der Waals surface area contributed by atoms with Crippen LogP contribution in [0.4, 0.5) is 0 Å². The Morgan fingerprint density at radius 1 is 0.309 bits per heavy atom. The Kier molecular flexibility index (Phi) is 11.2. The van der Waals surface area contributed by atoms with Crippen LogP contribution in [-0.2, 0) is 23.6 Å². The van der Waals surface area contributed by atoms with Crippen LogP contribution < -0.4 is 31.8 Å². The smallest absolute Gasteiger partial charge is 0.147 e. The number of aromatic nitrogens is 3. The van der Waals surface area contributed by atoms with Crippen LogP contribution in [0.2, 0.25) is 0 Å². The molecule has 2 unspecified atom stereocenters. The van der Waals surface area contributed by atoms with Crippen molar-refractivity contribution in [1.29, 1.82) is 0 Å². The minimum absolute atomic E-state index is 0.944. The Morgan fingerprint density at radius 2 is 0.840 bits per heavy atom. The van der Waals surface area contributed by atoms with E-state index in [9.17, 15) is 0 Å². The van der Waals surface area contributed by atoms with E-state index in [0.717, 1.165) is 71.2 Å². The second-order valence-corrected chi connectivity index (χ2v) is 29.9. The quantitative estimate of drug-likeness (QED) is 0.112. The number of benzene rings is 13. The molecule has 2 atom stereocenters. The van der Waals surface area contributed by atoms with Crippen molar-refractivity contribution in [2.75, 3.05) is 0 Å². The third kappa shape index (κ3) is 7.54. The molecule has 3 heterocycles. The third-order valence-electron chi connectivity index (χ3n) is 16.8. The Labute approximate surface area is 478 Å². The van der Waals surface area contributed by atoms with Crippen LogP contribution in [-0.4, -0.2) is 14.4 Å². The zero-order valence-electron chi connectivity index (χ0n) is 43.7. The van der Waals surface area contributed by atoms with Crippen molar-refractivity contribution in [1.82, 2.24) is 14.4 Å². The summed E-state index contributed by atoms with van der Waals surface area (Å²) in [7, 11) is 0. The summed E-state index contributed by atoms with van der Waals surface area (Å²) in [4.78, 5) is 9.93. The van der Waals surface area contributed by atoms with Crippen molar-refractivity contribution in [3.05, 3.63) is 285 Å². The van der Waals surface area contributed by atoms with Gasteiger partial charge in [0.05, 0.1) is 16.6 Å². The SMILES string of the molecule is S=P(c1ccncc1)(c1ccc2cc(-c3ccc4nc5c6c7ccccc7ccc6c6ccc(-c7ccc(P(=S)(c8ccccc8)c8ccc9ccccc9c8)c8ccccc78)cc6n5c4c3)ccc2c1)c1cccc2ccccc12. The average Bonchev–Trinajstić information content (AvgIpc) is 3.46. The molecule has 0 N–H and O–H groups in total. The fraction of sp³-hybridized carbons (Fsp3) is 0. The second-order valence-electron chi connectivity index (χ2n) is 21.1. The van der Waals surface area contributed by atoms with Gasteiger partial charge in [-0.1, -0.05) is 248 Å². The Bertz CT molecular complexity index is 5380. The molecule has 0 spiro atoms. The largest absolute Gasteiger partial charge is 0.292 e. The van der Waals surface area contributed by atoms with Gasteiger partial charge in [-0.15, -0.1) is 0 Å². The first kappa shape index (κ1) is 48.0. The lowest BCUT2D eigenvalue weighted by Crippen LogP contribution is -2.25. The van der Waals surface area contributed by atoms with Gasteiger partial charge in [0.1, 0.15) is 5.65 Å². The molecule has 0 saturated carbocycles. The predicted molar refractivity (Wildman–Crippen MR) is 356 cm³/mol. The van der Waals surface area contributed by atoms with E-state index < -0.39 is 12.1 Å². The monoisotopic (exact) mass is 1100 g/mol. The summed E-state index contributed by atoms with van der Waals surface area (Å²) in [5, 5.41) is 22.4. The van der Waals surface area contributed by atoms with Gasteiger partial charge in [0.25, 0.3) is 0 Å². The fourth-order valence-electron chi connectivity index (χ4n) is 12.8. The zero-order valence-corrected chi connectivity index (χ0v) is 47.1. The number of nitrogens with zero attached hydrogens (tertiary/aromatic N) is 3. The average molecular weight is 1100 g/mol. The summed E-state index contributed by atoms with van der Waals surface area (Å²) in [6.45, 7) is 0. The maximum atomic E-state index is 7.11. The van der Waals surface area contributed by atoms with Crippen molar-refractivity contribution < 1.29 is 0 Å². The van der Waals surface area contributed by atoms with Crippen LogP contribution in [0.25, 0.3) is 114 Å². The van der Waals surface area contributed by atoms with Crippen molar-refractivity contribution in [2.45, 2.75) is 0 Å². The van der Waals surface area contributed by atoms with Gasteiger partial charge < -0.3 is 0 Å². The second kappa shape index (κ2) is 18.9. The van der Waals surface area contributed by atoms with Crippen LogP contribution in [0.3, 0.4) is 0 Å². The molecule has 0 aliphatic heterocycles. The number of imidazole rings is 1. The molecule has 0 radical (unpaired) electrons. The lowest BCUT2D eigenvalue weighted by molar-refractivity contribution is 1.32. The van der Waals surface area contributed by atoms with E-state index in [1.165, 1.54) is 75.1 Å². The minimum atomic E-state index is -2.54. The van der Waals surface area contributed by atoms with Crippen LogP contribution in [0, 0.1) is 0 Å². The summed E-state index contributed by atoms with van der Waals surface area (Å²) >= 11 is 14.1. The maximum Gasteiger partial charge on any atom is 0.147 e. The third-order valence-corrected chi connectivity index (χ3v) is 26.7. The molecule has 16 rings (SSSR count). The summed E-state index contributed by atoms with van der Waals surface area (Å²) in [6, 6.07) is 94.8. The van der Waals surface area contributed by atoms with Gasteiger partial charge in [0.2, 0.25) is 0 Å². The number of fused-ring (bicyclic) bond motifs is 14. The molecule has 81 heavy (non-hydrogen) atoms.